The Hall–Kier alpha value is -4.08. The Morgan fingerprint density at radius 1 is 1.09 bits per heavy atom. The normalized spacial score (nSPS) is 13.2. The van der Waals surface area contributed by atoms with Crippen LogP contribution in [0.3, 0.4) is 0 Å². The number of para-hydroxylation sites is 1. The van der Waals surface area contributed by atoms with Crippen molar-refractivity contribution in [1.82, 2.24) is 14.3 Å². The molecule has 10 nitrogen and oxygen atoms in total. The van der Waals surface area contributed by atoms with Crippen molar-refractivity contribution in [3.63, 3.8) is 0 Å². The summed E-state index contributed by atoms with van der Waals surface area (Å²) >= 11 is 0. The molecule has 3 rings (SSSR count). The second-order valence-corrected chi connectivity index (χ2v) is 7.24. The van der Waals surface area contributed by atoms with Gasteiger partial charge >= 0.3 is 17.7 Å². The van der Waals surface area contributed by atoms with E-state index in [0.29, 0.717) is 16.8 Å². The van der Waals surface area contributed by atoms with E-state index < -0.39 is 11.6 Å². The molecule has 174 valence electrons. The van der Waals surface area contributed by atoms with E-state index in [1.54, 1.807) is 57.3 Å². The van der Waals surface area contributed by atoms with Crippen LogP contribution in [-0.2, 0) is 38.4 Å². The third kappa shape index (κ3) is 4.89. The third-order valence-electron chi connectivity index (χ3n) is 5.00. The van der Waals surface area contributed by atoms with Gasteiger partial charge in [-0.1, -0.05) is 53.7 Å². The van der Waals surface area contributed by atoms with Gasteiger partial charge in [0.1, 0.15) is 6.61 Å². The van der Waals surface area contributed by atoms with Gasteiger partial charge in [0.15, 0.2) is 0 Å². The molecule has 0 aliphatic rings. The molecule has 0 spiro atoms. The Morgan fingerprint density at radius 2 is 1.76 bits per heavy atom. The highest BCUT2D eigenvalue weighted by Crippen LogP contribution is 2.27. The molecule has 0 amide bonds. The summed E-state index contributed by atoms with van der Waals surface area (Å²) in [5, 5.41) is 8.07. The molecule has 0 radical (unpaired) electrons. The summed E-state index contributed by atoms with van der Waals surface area (Å²) in [5.74, 6) is -0.417. The number of aromatic nitrogens is 3. The van der Waals surface area contributed by atoms with Crippen LogP contribution < -0.4 is 10.4 Å². The first kappa shape index (κ1) is 23.6. The predicted molar refractivity (Wildman–Crippen MR) is 120 cm³/mol. The number of hydrogen-bond donors (Lipinski definition) is 0. The topological polar surface area (TPSA) is 106 Å². The molecule has 1 heterocycles. The fourth-order valence-electron chi connectivity index (χ4n) is 3.15. The van der Waals surface area contributed by atoms with Crippen molar-refractivity contribution in [2.24, 2.45) is 12.2 Å². The number of methoxy groups -OCH3 is 2. The van der Waals surface area contributed by atoms with Gasteiger partial charge in [0, 0.05) is 25.1 Å². The zero-order valence-corrected chi connectivity index (χ0v) is 19.1. The van der Waals surface area contributed by atoms with Gasteiger partial charge in [0.2, 0.25) is 5.90 Å². The van der Waals surface area contributed by atoms with Gasteiger partial charge < -0.3 is 19.0 Å². The van der Waals surface area contributed by atoms with E-state index in [2.05, 4.69) is 10.3 Å². The van der Waals surface area contributed by atoms with Crippen LogP contribution in [-0.4, -0.2) is 40.4 Å². The van der Waals surface area contributed by atoms with E-state index in [9.17, 15) is 9.59 Å². The van der Waals surface area contributed by atoms with Crippen molar-refractivity contribution < 1.29 is 23.8 Å². The summed E-state index contributed by atoms with van der Waals surface area (Å²) in [6.07, 6.45) is 0. The highest BCUT2D eigenvalue weighted by Gasteiger charge is 2.40. The quantitative estimate of drug-likeness (QED) is 0.223. The van der Waals surface area contributed by atoms with Crippen molar-refractivity contribution in [3.05, 3.63) is 76.2 Å². The number of rotatable bonds is 8. The second kappa shape index (κ2) is 10.0. The molecule has 1 unspecified atom stereocenters. The molecule has 3 aromatic rings. The minimum atomic E-state index is -1.45. The minimum Gasteiger partial charge on any atom is -0.474 e. The molecule has 0 N–H and O–H groups in total. The van der Waals surface area contributed by atoms with Crippen LogP contribution in [0.25, 0.3) is 5.69 Å². The average Bonchev–Trinajstić information content (AvgIpc) is 3.14. The number of hydrogen-bond acceptors (Lipinski definition) is 8. The van der Waals surface area contributed by atoms with Gasteiger partial charge in [0.05, 0.1) is 19.9 Å². The Bertz CT molecular complexity index is 1200. The zero-order chi connectivity index (χ0) is 24.0. The molecule has 10 heteroatoms. The zero-order valence-electron chi connectivity index (χ0n) is 19.1. The van der Waals surface area contributed by atoms with E-state index in [-0.39, 0.29) is 24.2 Å². The van der Waals surface area contributed by atoms with E-state index in [1.165, 1.54) is 23.5 Å². The summed E-state index contributed by atoms with van der Waals surface area (Å²) in [5.41, 5.74) is 0.0326. The maximum atomic E-state index is 12.5. The summed E-state index contributed by atoms with van der Waals surface area (Å²) in [6, 6.07) is 16.3. The van der Waals surface area contributed by atoms with Crippen LogP contribution in [0.2, 0.25) is 0 Å². The predicted octanol–water partition coefficient (Wildman–Crippen LogP) is 2.53. The van der Waals surface area contributed by atoms with E-state index >= 15 is 0 Å². The second-order valence-electron chi connectivity index (χ2n) is 7.24. The molecular weight excluding hydrogens is 428 g/mol. The van der Waals surface area contributed by atoms with Crippen LogP contribution in [0.1, 0.15) is 25.0 Å². The first-order chi connectivity index (χ1) is 15.8. The van der Waals surface area contributed by atoms with Gasteiger partial charge in [-0.05, 0) is 13.0 Å². The maximum Gasteiger partial charge on any atom is 0.357 e. The number of nitrogens with zero attached hydrogens (tertiary/aromatic N) is 4. The van der Waals surface area contributed by atoms with Crippen molar-refractivity contribution in [2.75, 3.05) is 14.2 Å². The largest absolute Gasteiger partial charge is 0.474 e. The van der Waals surface area contributed by atoms with Crippen LogP contribution in [0.4, 0.5) is 0 Å². The molecule has 33 heavy (non-hydrogen) atoms. The van der Waals surface area contributed by atoms with E-state index in [0.717, 1.165) is 0 Å². The van der Waals surface area contributed by atoms with Gasteiger partial charge in [-0.3, -0.25) is 0 Å². The molecule has 0 saturated carbocycles. The monoisotopic (exact) mass is 454 g/mol. The van der Waals surface area contributed by atoms with Crippen LogP contribution in [0.15, 0.2) is 64.5 Å². The number of ether oxygens (including phenoxy) is 3. The average molecular weight is 454 g/mol. The summed E-state index contributed by atoms with van der Waals surface area (Å²) < 4.78 is 18.4. The molecule has 0 aliphatic heterocycles. The van der Waals surface area contributed by atoms with Crippen LogP contribution >= 0.6 is 0 Å². The number of carbonyl (C=O) groups excluding carboxylic acids is 1. The lowest BCUT2D eigenvalue weighted by atomic mass is 9.96. The number of aryl methyl sites for hydroxylation is 1. The Kier molecular flexibility index (Phi) is 7.17. The molecule has 2 aromatic carbocycles. The first-order valence-corrected chi connectivity index (χ1v) is 10.1. The molecule has 0 fully saturated rings. The number of benzene rings is 2. The van der Waals surface area contributed by atoms with E-state index in [1.807, 2.05) is 18.2 Å². The summed E-state index contributed by atoms with van der Waals surface area (Å²) in [6.45, 7) is 3.25. The van der Waals surface area contributed by atoms with Crippen molar-refractivity contribution >= 4 is 11.9 Å². The molecular formula is C23H26N4O6. The standard InChI is InChI=1S/C23H26N4O6/c1-16(25-33-23(2,20(28)30-4)18-12-7-6-8-13-18)32-15-17-11-9-10-14-19(17)27-21(31-5)24-26(3)22(27)29/h6-14H,15H2,1-5H3/b25-16+. The van der Waals surface area contributed by atoms with E-state index in [4.69, 9.17) is 19.0 Å². The molecule has 0 aliphatic carbocycles. The lowest BCUT2D eigenvalue weighted by Gasteiger charge is -2.24. The Labute approximate surface area is 190 Å². The number of carbonyl (C=O) groups is 1. The molecule has 0 bridgehead atoms. The van der Waals surface area contributed by atoms with Crippen molar-refractivity contribution in [3.8, 4) is 11.7 Å². The maximum absolute atomic E-state index is 12.5. The Morgan fingerprint density at radius 3 is 2.42 bits per heavy atom. The van der Waals surface area contributed by atoms with Gasteiger partial charge in [-0.15, -0.1) is 5.10 Å². The van der Waals surface area contributed by atoms with Gasteiger partial charge in [-0.25, -0.2) is 18.8 Å². The van der Waals surface area contributed by atoms with Crippen molar-refractivity contribution in [2.45, 2.75) is 26.1 Å². The number of oxime groups is 1. The first-order valence-electron chi connectivity index (χ1n) is 10.1. The smallest absolute Gasteiger partial charge is 0.357 e. The summed E-state index contributed by atoms with van der Waals surface area (Å²) in [7, 11) is 4.27. The molecule has 0 saturated heterocycles. The Balaban J connectivity index is 1.81. The van der Waals surface area contributed by atoms with Crippen molar-refractivity contribution in [1.29, 1.82) is 0 Å². The van der Waals surface area contributed by atoms with Crippen LogP contribution in [0.5, 0.6) is 6.01 Å². The van der Waals surface area contributed by atoms with Gasteiger partial charge in [0.25, 0.3) is 5.60 Å². The molecule has 1 aromatic heterocycles. The minimum absolute atomic E-state index is 0.0830. The SMILES string of the molecule is COC(=O)C(C)(O/N=C(\C)OCc1ccccc1-n1c(OC)nn(C)c1=O)c1ccccc1. The number of esters is 1. The lowest BCUT2D eigenvalue weighted by Crippen LogP contribution is -2.35. The highest BCUT2D eigenvalue weighted by atomic mass is 16.7. The van der Waals surface area contributed by atoms with Gasteiger partial charge in [-0.2, -0.15) is 0 Å². The highest BCUT2D eigenvalue weighted by molar-refractivity contribution is 5.81. The third-order valence-corrected chi connectivity index (χ3v) is 5.00. The summed E-state index contributed by atoms with van der Waals surface area (Å²) in [4.78, 5) is 30.5. The lowest BCUT2D eigenvalue weighted by molar-refractivity contribution is -0.169. The fraction of sp³-hybridized carbons (Fsp3) is 0.304. The molecule has 1 atom stereocenters. The fourth-order valence-corrected chi connectivity index (χ4v) is 3.15. The van der Waals surface area contributed by atoms with Crippen LogP contribution in [0, 0.1) is 0 Å².